The van der Waals surface area contributed by atoms with E-state index in [1.54, 1.807) is 28.9 Å². The van der Waals surface area contributed by atoms with Crippen LogP contribution in [0.25, 0.3) is 39.1 Å². The molecule has 7 nitrogen and oxygen atoms in total. The number of halogens is 3. The molecule has 1 fully saturated rings. The van der Waals surface area contributed by atoms with E-state index in [9.17, 15) is 18.0 Å². The van der Waals surface area contributed by atoms with Gasteiger partial charge in [0.15, 0.2) is 11.5 Å². The number of pyridine rings is 1. The lowest BCUT2D eigenvalue weighted by molar-refractivity contribution is -0.0399. The average molecular weight is 531 g/mol. The molecule has 39 heavy (non-hydrogen) atoms. The second kappa shape index (κ2) is 9.37. The summed E-state index contributed by atoms with van der Waals surface area (Å²) in [6.07, 6.45) is 3.19. The van der Waals surface area contributed by atoms with Gasteiger partial charge in [0.1, 0.15) is 11.5 Å². The highest BCUT2D eigenvalue weighted by atomic mass is 19.3. The van der Waals surface area contributed by atoms with E-state index in [-0.39, 0.29) is 54.7 Å². The third-order valence-corrected chi connectivity index (χ3v) is 7.27. The minimum absolute atomic E-state index is 0.0908. The third kappa shape index (κ3) is 4.67. The van der Waals surface area contributed by atoms with Gasteiger partial charge in [-0.3, -0.25) is 14.2 Å². The number of benzene rings is 2. The fourth-order valence-corrected chi connectivity index (χ4v) is 5.14. The van der Waals surface area contributed by atoms with Gasteiger partial charge >= 0.3 is 0 Å². The number of nitrogens with two attached hydrogens (primary N) is 1. The number of aromatic nitrogens is 4. The van der Waals surface area contributed by atoms with Crippen molar-refractivity contribution in [2.75, 3.05) is 5.73 Å². The summed E-state index contributed by atoms with van der Waals surface area (Å²) in [5, 5.41) is 3.78. The maximum Gasteiger partial charge on any atom is 0.271 e. The van der Waals surface area contributed by atoms with Crippen LogP contribution in [-0.2, 0) is 0 Å². The number of nitrogens with zero attached hydrogens (tertiary/aromatic N) is 4. The number of alkyl halides is 2. The maximum atomic E-state index is 13.8. The molecule has 3 N–H and O–H groups in total. The highest BCUT2D eigenvalue weighted by Crippen LogP contribution is 2.36. The Labute approximate surface area is 221 Å². The van der Waals surface area contributed by atoms with Crippen LogP contribution in [-0.4, -0.2) is 37.2 Å². The molecule has 0 spiro atoms. The summed E-state index contributed by atoms with van der Waals surface area (Å²) in [6, 6.07) is 13.3. The van der Waals surface area contributed by atoms with Crippen LogP contribution in [0.2, 0.25) is 0 Å². The first kappa shape index (κ1) is 24.8. The minimum Gasteiger partial charge on any atom is -0.381 e. The van der Waals surface area contributed by atoms with E-state index in [0.29, 0.717) is 17.0 Å². The van der Waals surface area contributed by atoms with Crippen molar-refractivity contribution in [1.29, 1.82) is 0 Å². The molecule has 2 aromatic carbocycles. The quantitative estimate of drug-likeness (QED) is 0.299. The van der Waals surface area contributed by atoms with Gasteiger partial charge in [-0.2, -0.15) is 0 Å². The van der Waals surface area contributed by atoms with Gasteiger partial charge in [0.2, 0.25) is 5.92 Å². The van der Waals surface area contributed by atoms with Crippen molar-refractivity contribution in [3.8, 4) is 22.5 Å². The lowest BCUT2D eigenvalue weighted by atomic mass is 9.92. The zero-order valence-electron chi connectivity index (χ0n) is 21.1. The molecule has 0 bridgehead atoms. The van der Waals surface area contributed by atoms with E-state index >= 15 is 0 Å². The Morgan fingerprint density at radius 2 is 1.77 bits per heavy atom. The lowest BCUT2D eigenvalue weighted by Crippen LogP contribution is -2.40. The van der Waals surface area contributed by atoms with E-state index in [0.717, 1.165) is 22.0 Å². The number of amides is 1. The van der Waals surface area contributed by atoms with Gasteiger partial charge in [-0.25, -0.2) is 23.1 Å². The van der Waals surface area contributed by atoms with Gasteiger partial charge in [-0.05, 0) is 67.8 Å². The van der Waals surface area contributed by atoms with Crippen LogP contribution < -0.4 is 11.1 Å². The Bertz CT molecular complexity index is 1720. The van der Waals surface area contributed by atoms with Crippen LogP contribution in [0.1, 0.15) is 41.7 Å². The number of rotatable bonds is 4. The molecular weight excluding hydrogens is 505 g/mol. The SMILES string of the molecule is Cc1ccnc2ccc(-c3c(-c4ccc(F)cc4)nc(N)c4nc(C(=O)NC5CCC(F)(F)CC5)cn34)cc12. The van der Waals surface area contributed by atoms with E-state index in [2.05, 4.69) is 20.3 Å². The predicted octanol–water partition coefficient (Wildman–Crippen LogP) is 5.95. The molecule has 6 rings (SSSR count). The van der Waals surface area contributed by atoms with Gasteiger partial charge in [-0.1, -0.05) is 6.07 Å². The Balaban J connectivity index is 1.49. The largest absolute Gasteiger partial charge is 0.381 e. The molecule has 3 heterocycles. The molecule has 1 aliphatic rings. The zero-order chi connectivity index (χ0) is 27.3. The molecule has 198 valence electrons. The van der Waals surface area contributed by atoms with Crippen molar-refractivity contribution < 1.29 is 18.0 Å². The lowest BCUT2D eigenvalue weighted by Gasteiger charge is -2.28. The molecule has 10 heteroatoms. The van der Waals surface area contributed by atoms with Crippen LogP contribution in [0, 0.1) is 12.7 Å². The Hall–Kier alpha value is -4.47. The van der Waals surface area contributed by atoms with E-state index in [4.69, 9.17) is 5.73 Å². The number of anilines is 1. The number of nitrogens with one attached hydrogen (secondary N) is 1. The molecule has 5 aromatic rings. The summed E-state index contributed by atoms with van der Waals surface area (Å²) < 4.78 is 42.6. The van der Waals surface area contributed by atoms with Gasteiger partial charge in [0, 0.05) is 47.8 Å². The standard InChI is InChI=1S/C29H25F3N6O/c1-16-10-13-34-22-7-4-18(14-21(16)22)25-24(17-2-5-19(30)6-3-17)37-26(33)27-36-23(15-38(25)27)28(39)35-20-8-11-29(31,32)12-9-20/h2-7,10,13-15,20H,8-9,11-12H2,1H3,(H2,33,37)(H,35,39). The van der Waals surface area contributed by atoms with Gasteiger partial charge in [0.25, 0.3) is 5.91 Å². The zero-order valence-corrected chi connectivity index (χ0v) is 21.1. The van der Waals surface area contributed by atoms with Crippen molar-refractivity contribution in [2.24, 2.45) is 0 Å². The average Bonchev–Trinajstić information content (AvgIpc) is 3.37. The first-order valence-electron chi connectivity index (χ1n) is 12.7. The van der Waals surface area contributed by atoms with E-state index in [1.165, 1.54) is 12.1 Å². The molecule has 3 aromatic heterocycles. The molecule has 1 aliphatic carbocycles. The number of hydrogen-bond acceptors (Lipinski definition) is 5. The number of nitrogen functional groups attached to an aromatic ring is 1. The van der Waals surface area contributed by atoms with Crippen LogP contribution in [0.5, 0.6) is 0 Å². The van der Waals surface area contributed by atoms with Gasteiger partial charge < -0.3 is 11.1 Å². The van der Waals surface area contributed by atoms with Crippen molar-refractivity contribution in [3.05, 3.63) is 78.0 Å². The Kier molecular flexibility index (Phi) is 5.97. The Morgan fingerprint density at radius 1 is 1.05 bits per heavy atom. The monoisotopic (exact) mass is 530 g/mol. The predicted molar refractivity (Wildman–Crippen MR) is 143 cm³/mol. The van der Waals surface area contributed by atoms with Crippen LogP contribution in [0.15, 0.2) is 60.9 Å². The van der Waals surface area contributed by atoms with Gasteiger partial charge in [0.05, 0.1) is 16.9 Å². The fraction of sp³-hybridized carbons (Fsp3) is 0.241. The van der Waals surface area contributed by atoms with Crippen LogP contribution in [0.3, 0.4) is 0 Å². The van der Waals surface area contributed by atoms with Crippen LogP contribution in [0.4, 0.5) is 19.0 Å². The van der Waals surface area contributed by atoms with Gasteiger partial charge in [-0.15, -0.1) is 0 Å². The highest BCUT2D eigenvalue weighted by molar-refractivity contribution is 5.95. The van der Waals surface area contributed by atoms with E-state index < -0.39 is 11.8 Å². The molecule has 1 saturated carbocycles. The van der Waals surface area contributed by atoms with Crippen molar-refractivity contribution >= 4 is 28.3 Å². The molecule has 0 radical (unpaired) electrons. The molecular formula is C29H25F3N6O. The summed E-state index contributed by atoms with van der Waals surface area (Å²) in [6.45, 7) is 1.99. The van der Waals surface area contributed by atoms with Crippen LogP contribution >= 0.6 is 0 Å². The molecule has 0 atom stereocenters. The number of aryl methyl sites for hydroxylation is 1. The minimum atomic E-state index is -2.69. The summed E-state index contributed by atoms with van der Waals surface area (Å²) in [5.74, 6) is -3.46. The number of fused-ring (bicyclic) bond motifs is 2. The summed E-state index contributed by atoms with van der Waals surface area (Å²) >= 11 is 0. The first-order chi connectivity index (χ1) is 18.7. The molecule has 0 saturated heterocycles. The second-order valence-electron chi connectivity index (χ2n) is 9.98. The first-order valence-corrected chi connectivity index (χ1v) is 12.7. The Morgan fingerprint density at radius 3 is 2.51 bits per heavy atom. The molecule has 0 aliphatic heterocycles. The summed E-state index contributed by atoms with van der Waals surface area (Å²) in [7, 11) is 0. The number of carbonyl (C=O) groups is 1. The van der Waals surface area contributed by atoms with E-state index in [1.807, 2.05) is 31.2 Å². The molecule has 1 amide bonds. The number of hydrogen-bond donors (Lipinski definition) is 2. The summed E-state index contributed by atoms with van der Waals surface area (Å²) in [4.78, 5) is 26.7. The topological polar surface area (TPSA) is 98.2 Å². The number of imidazole rings is 1. The van der Waals surface area contributed by atoms with Crippen molar-refractivity contribution in [1.82, 2.24) is 24.7 Å². The second-order valence-corrected chi connectivity index (χ2v) is 9.98. The molecule has 0 unspecified atom stereocenters. The normalized spacial score (nSPS) is 15.6. The fourth-order valence-electron chi connectivity index (χ4n) is 5.14. The smallest absolute Gasteiger partial charge is 0.271 e. The van der Waals surface area contributed by atoms with Crippen molar-refractivity contribution in [2.45, 2.75) is 44.6 Å². The maximum absolute atomic E-state index is 13.8. The highest BCUT2D eigenvalue weighted by Gasteiger charge is 2.35. The number of carbonyl (C=O) groups excluding carboxylic acids is 1. The van der Waals surface area contributed by atoms with Crippen molar-refractivity contribution in [3.63, 3.8) is 0 Å². The summed E-state index contributed by atoms with van der Waals surface area (Å²) in [5.41, 5.74) is 11.1. The third-order valence-electron chi connectivity index (χ3n) is 7.27.